The third kappa shape index (κ3) is 6.04. The van der Waals surface area contributed by atoms with E-state index in [1.807, 2.05) is 13.8 Å². The van der Waals surface area contributed by atoms with E-state index in [2.05, 4.69) is 9.88 Å². The lowest BCUT2D eigenvalue weighted by Gasteiger charge is -2.35. The molecule has 12 heteroatoms. The van der Waals surface area contributed by atoms with Gasteiger partial charge in [0.15, 0.2) is 0 Å². The van der Waals surface area contributed by atoms with E-state index in [9.17, 15) is 27.9 Å². The van der Waals surface area contributed by atoms with Gasteiger partial charge in [-0.25, -0.2) is 4.98 Å². The lowest BCUT2D eigenvalue weighted by molar-refractivity contribution is -0.261. The summed E-state index contributed by atoms with van der Waals surface area (Å²) < 4.78 is 47.3. The minimum atomic E-state index is -5.22. The van der Waals surface area contributed by atoms with Crippen LogP contribution in [0.1, 0.15) is 55.5 Å². The third-order valence-electron chi connectivity index (χ3n) is 8.97. The summed E-state index contributed by atoms with van der Waals surface area (Å²) in [5.74, 6) is -0.526. The molecule has 1 aromatic carbocycles. The Morgan fingerprint density at radius 3 is 2.43 bits per heavy atom. The number of methoxy groups -OCH3 is 1. The van der Waals surface area contributed by atoms with Crippen LogP contribution in [0.2, 0.25) is 5.15 Å². The second-order valence-corrected chi connectivity index (χ2v) is 12.1. The predicted molar refractivity (Wildman–Crippen MR) is 154 cm³/mol. The first-order valence-corrected chi connectivity index (χ1v) is 14.4. The molecule has 2 unspecified atom stereocenters. The number of halogens is 4. The van der Waals surface area contributed by atoms with Crippen LogP contribution in [-0.2, 0) is 10.4 Å². The van der Waals surface area contributed by atoms with E-state index < -0.39 is 23.2 Å². The van der Waals surface area contributed by atoms with E-state index >= 15 is 0 Å². The zero-order valence-corrected chi connectivity index (χ0v) is 25.3. The molecule has 1 spiro atoms. The number of pyridine rings is 1. The van der Waals surface area contributed by atoms with Crippen molar-refractivity contribution in [2.24, 2.45) is 11.3 Å². The summed E-state index contributed by atoms with van der Waals surface area (Å²) in [4.78, 5) is 34.9. The fourth-order valence-electron chi connectivity index (χ4n) is 5.80. The molecule has 2 aromatic rings. The van der Waals surface area contributed by atoms with Crippen molar-refractivity contribution in [2.45, 2.75) is 57.3 Å². The Labute approximate surface area is 249 Å². The number of piperidine rings is 1. The second kappa shape index (κ2) is 11.9. The molecular formula is C30H38ClF3N4O4. The van der Waals surface area contributed by atoms with Crippen LogP contribution in [0.3, 0.4) is 0 Å². The maximum absolute atomic E-state index is 14.1. The van der Waals surface area contributed by atoms with E-state index in [0.717, 1.165) is 49.4 Å². The number of likely N-dealkylation sites (N-methyl/N-ethyl adjacent to an activating group) is 1. The average molecular weight is 611 g/mol. The van der Waals surface area contributed by atoms with Gasteiger partial charge in [0, 0.05) is 45.3 Å². The first kappa shape index (κ1) is 31.9. The van der Waals surface area contributed by atoms with Gasteiger partial charge >= 0.3 is 6.18 Å². The summed E-state index contributed by atoms with van der Waals surface area (Å²) in [5.41, 5.74) is -3.83. The van der Waals surface area contributed by atoms with Crippen LogP contribution in [0.25, 0.3) is 0 Å². The molecule has 1 saturated heterocycles. The Bertz CT molecular complexity index is 1320. The van der Waals surface area contributed by atoms with Gasteiger partial charge in [-0.2, -0.15) is 13.2 Å². The van der Waals surface area contributed by atoms with E-state index in [1.54, 1.807) is 24.1 Å². The first-order valence-electron chi connectivity index (χ1n) is 14.0. The van der Waals surface area contributed by atoms with Crippen LogP contribution in [0.5, 0.6) is 5.75 Å². The van der Waals surface area contributed by atoms with Crippen molar-refractivity contribution in [1.29, 1.82) is 0 Å². The Morgan fingerprint density at radius 2 is 1.86 bits per heavy atom. The molecule has 2 fully saturated rings. The first-order chi connectivity index (χ1) is 19.6. The quantitative estimate of drug-likeness (QED) is 0.396. The van der Waals surface area contributed by atoms with Crippen LogP contribution in [0.4, 0.5) is 19.0 Å². The predicted octanol–water partition coefficient (Wildman–Crippen LogP) is 5.13. The lowest BCUT2D eigenvalue weighted by Crippen LogP contribution is -2.55. The fourth-order valence-corrected chi connectivity index (χ4v) is 6.03. The number of alkyl halides is 3. The average Bonchev–Trinajstić information content (AvgIpc) is 3.64. The third-order valence-corrected chi connectivity index (χ3v) is 9.26. The number of hydrogen-bond acceptors (Lipinski definition) is 6. The van der Waals surface area contributed by atoms with Crippen molar-refractivity contribution >= 4 is 29.2 Å². The van der Waals surface area contributed by atoms with Crippen LogP contribution in [0.15, 0.2) is 36.4 Å². The maximum Gasteiger partial charge on any atom is 0.430 e. The van der Waals surface area contributed by atoms with Crippen LogP contribution in [0, 0.1) is 11.3 Å². The van der Waals surface area contributed by atoms with Gasteiger partial charge in [0.2, 0.25) is 0 Å². The SMILES string of the molecule is COc1cccc(C(O)(C(=O)N(C)CCC2CC23CCN(c2ccc(C(=O)N(C)C(C)C)c(Cl)n2)CC3)C(F)(F)F)c1. The molecule has 1 aromatic heterocycles. The van der Waals surface area contributed by atoms with Gasteiger partial charge < -0.3 is 24.5 Å². The van der Waals surface area contributed by atoms with E-state index in [1.165, 1.54) is 26.3 Å². The summed E-state index contributed by atoms with van der Waals surface area (Å²) in [5, 5.41) is 10.9. The van der Waals surface area contributed by atoms with Gasteiger partial charge in [0.25, 0.3) is 17.4 Å². The second-order valence-electron chi connectivity index (χ2n) is 11.7. The highest BCUT2D eigenvalue weighted by atomic mass is 35.5. The molecule has 230 valence electrons. The molecule has 0 radical (unpaired) electrons. The highest BCUT2D eigenvalue weighted by Gasteiger charge is 2.62. The number of benzene rings is 1. The molecule has 0 bridgehead atoms. The van der Waals surface area contributed by atoms with Crippen molar-refractivity contribution in [3.63, 3.8) is 0 Å². The Morgan fingerprint density at radius 1 is 1.19 bits per heavy atom. The van der Waals surface area contributed by atoms with Gasteiger partial charge in [-0.15, -0.1) is 0 Å². The van der Waals surface area contributed by atoms with Gasteiger partial charge in [0.05, 0.1) is 12.7 Å². The van der Waals surface area contributed by atoms with Crippen molar-refractivity contribution in [2.75, 3.05) is 45.7 Å². The highest BCUT2D eigenvalue weighted by Crippen LogP contribution is 2.61. The Kier molecular flexibility index (Phi) is 9.04. The number of carbonyl (C=O) groups is 2. The largest absolute Gasteiger partial charge is 0.497 e. The summed E-state index contributed by atoms with van der Waals surface area (Å²) in [6.45, 7) is 5.40. The molecule has 8 nitrogen and oxygen atoms in total. The zero-order valence-electron chi connectivity index (χ0n) is 24.5. The number of ether oxygens (including phenoxy) is 1. The number of hydrogen-bond donors (Lipinski definition) is 1. The smallest absolute Gasteiger partial charge is 0.430 e. The molecule has 1 saturated carbocycles. The normalized spacial score (nSPS) is 19.4. The van der Waals surface area contributed by atoms with Gasteiger partial charge in [-0.3, -0.25) is 9.59 Å². The van der Waals surface area contributed by atoms with Crippen molar-refractivity contribution < 1.29 is 32.6 Å². The number of amides is 2. The number of aliphatic hydroxyl groups is 1. The minimum Gasteiger partial charge on any atom is -0.497 e. The fraction of sp³-hybridized carbons (Fsp3) is 0.567. The summed E-state index contributed by atoms with van der Waals surface area (Å²) in [6.07, 6.45) is -1.99. The Balaban J connectivity index is 1.34. The number of nitrogens with zero attached hydrogens (tertiary/aromatic N) is 4. The summed E-state index contributed by atoms with van der Waals surface area (Å²) in [6, 6.07) is 8.39. The monoisotopic (exact) mass is 610 g/mol. The van der Waals surface area contributed by atoms with Crippen LogP contribution >= 0.6 is 11.6 Å². The minimum absolute atomic E-state index is 0.0275. The standard InChI is InChI=1S/C30H38ClF3N4O4/c1-19(2)37(4)26(39)23-9-10-24(35-25(23)31)38-15-12-28(13-16-38)18-21(28)11-14-36(3)27(40)29(41,30(32,33)34)20-7-6-8-22(17-20)42-5/h6-10,17,19,21,41H,11-16,18H2,1-5H3. The highest BCUT2D eigenvalue weighted by molar-refractivity contribution is 6.32. The number of anilines is 1. The topological polar surface area (TPSA) is 86.2 Å². The number of aromatic nitrogens is 1. The molecule has 2 amide bonds. The molecule has 1 aliphatic heterocycles. The van der Waals surface area contributed by atoms with Crippen molar-refractivity contribution in [1.82, 2.24) is 14.8 Å². The van der Waals surface area contributed by atoms with Crippen molar-refractivity contribution in [3.8, 4) is 5.75 Å². The number of carbonyl (C=O) groups excluding carboxylic acids is 2. The summed E-state index contributed by atoms with van der Waals surface area (Å²) >= 11 is 6.38. The van der Waals surface area contributed by atoms with E-state index in [4.69, 9.17) is 16.3 Å². The van der Waals surface area contributed by atoms with Gasteiger partial charge in [-0.05, 0) is 75.1 Å². The molecule has 1 N–H and O–H groups in total. The van der Waals surface area contributed by atoms with Crippen molar-refractivity contribution in [3.05, 3.63) is 52.7 Å². The lowest BCUT2D eigenvalue weighted by atomic mass is 9.89. The zero-order chi connectivity index (χ0) is 31.0. The molecule has 2 atom stereocenters. The van der Waals surface area contributed by atoms with E-state index in [0.29, 0.717) is 17.8 Å². The molecule has 4 rings (SSSR count). The molecule has 1 aliphatic carbocycles. The molecule has 2 aliphatic rings. The summed E-state index contributed by atoms with van der Waals surface area (Å²) in [7, 11) is 4.31. The molecule has 42 heavy (non-hydrogen) atoms. The Hall–Kier alpha value is -3.05. The number of rotatable bonds is 9. The maximum atomic E-state index is 14.1. The molecule has 2 heterocycles. The van der Waals surface area contributed by atoms with E-state index in [-0.39, 0.29) is 40.7 Å². The van der Waals surface area contributed by atoms with Crippen LogP contribution < -0.4 is 9.64 Å². The van der Waals surface area contributed by atoms with Crippen LogP contribution in [-0.4, -0.2) is 84.8 Å². The molecular weight excluding hydrogens is 573 g/mol. The van der Waals surface area contributed by atoms with Gasteiger partial charge in [0.1, 0.15) is 16.7 Å². The van der Waals surface area contributed by atoms with Gasteiger partial charge in [-0.1, -0.05) is 23.7 Å².